The van der Waals surface area contributed by atoms with Gasteiger partial charge in [-0.2, -0.15) is 8.42 Å². The third kappa shape index (κ3) is 10.5. The van der Waals surface area contributed by atoms with Crippen LogP contribution in [0.3, 0.4) is 0 Å². The summed E-state index contributed by atoms with van der Waals surface area (Å²) >= 11 is 0. The molecule has 0 fully saturated rings. The van der Waals surface area contributed by atoms with E-state index in [1.807, 2.05) is 0 Å². The van der Waals surface area contributed by atoms with Crippen molar-refractivity contribution in [3.63, 3.8) is 0 Å². The van der Waals surface area contributed by atoms with Crippen LogP contribution in [0, 0.1) is 5.39 Å². The molecule has 0 aliphatic carbocycles. The minimum atomic E-state index is -4.67. The highest BCUT2D eigenvalue weighted by Gasteiger charge is 2.03. The lowest BCUT2D eigenvalue weighted by molar-refractivity contribution is -0.136. The zero-order valence-corrected chi connectivity index (χ0v) is 9.91. The summed E-state index contributed by atoms with van der Waals surface area (Å²) in [6.07, 6.45) is 0.622. The van der Waals surface area contributed by atoms with Gasteiger partial charge < -0.3 is 5.11 Å². The SMILES string of the molecule is N#[N+]c1ccc(CCC(=O)O)cc1.O=S(=O)(O)O. The first-order valence-electron chi connectivity index (χ1n) is 4.58. The third-order valence-corrected chi connectivity index (χ3v) is 1.68. The van der Waals surface area contributed by atoms with Gasteiger partial charge in [0.1, 0.15) is 0 Å². The Morgan fingerprint density at radius 2 is 1.67 bits per heavy atom. The predicted molar refractivity (Wildman–Crippen MR) is 61.3 cm³/mol. The summed E-state index contributed by atoms with van der Waals surface area (Å²) in [6, 6.07) is 6.77. The number of rotatable bonds is 3. The molecule has 0 spiro atoms. The zero-order valence-electron chi connectivity index (χ0n) is 9.09. The molecule has 0 aliphatic rings. The molecule has 8 nitrogen and oxygen atoms in total. The summed E-state index contributed by atoms with van der Waals surface area (Å²) in [5, 5.41) is 16.8. The van der Waals surface area contributed by atoms with Gasteiger partial charge in [-0.05, 0) is 12.0 Å². The van der Waals surface area contributed by atoms with Crippen LogP contribution in [0.1, 0.15) is 12.0 Å². The van der Waals surface area contributed by atoms with Crippen LogP contribution >= 0.6 is 0 Å². The maximum absolute atomic E-state index is 10.2. The summed E-state index contributed by atoms with van der Waals surface area (Å²) in [5.74, 6) is -0.809. The van der Waals surface area contributed by atoms with E-state index >= 15 is 0 Å². The maximum Gasteiger partial charge on any atom is 0.394 e. The fourth-order valence-electron chi connectivity index (χ4n) is 0.981. The Morgan fingerprint density at radius 1 is 1.22 bits per heavy atom. The van der Waals surface area contributed by atoms with Crippen LogP contribution in [0.15, 0.2) is 24.3 Å². The quantitative estimate of drug-likeness (QED) is 0.561. The molecule has 98 valence electrons. The van der Waals surface area contributed by atoms with Gasteiger partial charge in [-0.3, -0.25) is 13.9 Å². The highest BCUT2D eigenvalue weighted by molar-refractivity contribution is 7.79. The molecule has 0 saturated carbocycles. The number of aryl methyl sites for hydroxylation is 1. The number of nitrogens with zero attached hydrogens (tertiary/aromatic N) is 2. The number of hydrogen-bond acceptors (Lipinski definition) is 4. The number of benzene rings is 1. The second-order valence-corrected chi connectivity index (χ2v) is 4.00. The van der Waals surface area contributed by atoms with E-state index in [4.69, 9.17) is 28.0 Å². The lowest BCUT2D eigenvalue weighted by Crippen LogP contribution is -1.96. The molecule has 0 amide bonds. The van der Waals surface area contributed by atoms with Crippen molar-refractivity contribution in [2.45, 2.75) is 12.8 Å². The molecule has 0 unspecified atom stereocenters. The van der Waals surface area contributed by atoms with Gasteiger partial charge in [0.15, 0.2) is 4.98 Å². The van der Waals surface area contributed by atoms with E-state index in [2.05, 4.69) is 4.98 Å². The van der Waals surface area contributed by atoms with E-state index in [9.17, 15) is 4.79 Å². The van der Waals surface area contributed by atoms with Crippen molar-refractivity contribution in [2.75, 3.05) is 0 Å². The number of hydrogen-bond donors (Lipinski definition) is 3. The van der Waals surface area contributed by atoms with E-state index in [1.165, 1.54) is 0 Å². The Kier molecular flexibility index (Phi) is 6.51. The molecule has 1 aromatic rings. The van der Waals surface area contributed by atoms with E-state index in [0.29, 0.717) is 12.1 Å². The summed E-state index contributed by atoms with van der Waals surface area (Å²) in [6.45, 7) is 0. The molecule has 0 bridgehead atoms. The molecule has 0 aliphatic heterocycles. The smallest absolute Gasteiger partial charge is 0.394 e. The molecule has 1 rings (SSSR count). The normalized spacial score (nSPS) is 9.83. The fourth-order valence-corrected chi connectivity index (χ4v) is 0.981. The molecule has 9 heteroatoms. The molecular weight excluding hydrogens is 264 g/mol. The highest BCUT2D eigenvalue weighted by Crippen LogP contribution is 2.13. The Hall–Kier alpha value is -2.02. The standard InChI is InChI=1S/C9H8N2O2.H2O4S/c10-11-8-4-1-7(2-5-8)3-6-9(12)13;1-5(2,3)4/h1-2,4-5H,3,6H2;(H2,1,2,3,4)/p+1. The number of carboxylic acids is 1. The van der Waals surface area contributed by atoms with Crippen molar-refractivity contribution < 1.29 is 27.4 Å². The highest BCUT2D eigenvalue weighted by atomic mass is 32.3. The largest absolute Gasteiger partial charge is 0.481 e. The predicted octanol–water partition coefficient (Wildman–Crippen LogP) is 1.54. The van der Waals surface area contributed by atoms with Crippen LogP contribution in [-0.4, -0.2) is 28.6 Å². The van der Waals surface area contributed by atoms with Gasteiger partial charge in [0.25, 0.3) is 0 Å². The monoisotopic (exact) mass is 275 g/mol. The van der Waals surface area contributed by atoms with Crippen molar-refractivity contribution in [3.05, 3.63) is 34.8 Å². The Morgan fingerprint density at radius 3 is 2.00 bits per heavy atom. The van der Waals surface area contributed by atoms with E-state index < -0.39 is 16.4 Å². The summed E-state index contributed by atoms with van der Waals surface area (Å²) in [7, 11) is -4.67. The lowest BCUT2D eigenvalue weighted by atomic mass is 10.1. The minimum Gasteiger partial charge on any atom is -0.481 e. The Bertz CT molecular complexity index is 523. The van der Waals surface area contributed by atoms with Crippen molar-refractivity contribution in [2.24, 2.45) is 0 Å². The first-order chi connectivity index (χ1) is 8.22. The lowest BCUT2D eigenvalue weighted by Gasteiger charge is -1.94. The first-order valence-corrected chi connectivity index (χ1v) is 5.98. The molecule has 1 aromatic carbocycles. The topological polar surface area (TPSA) is 140 Å². The second kappa shape index (κ2) is 7.33. The van der Waals surface area contributed by atoms with Crippen LogP contribution in [0.2, 0.25) is 0 Å². The summed E-state index contributed by atoms with van der Waals surface area (Å²) < 4.78 is 31.6. The van der Waals surface area contributed by atoms with Crippen LogP contribution in [-0.2, 0) is 21.6 Å². The molecular formula is C9H11N2O6S+. The molecule has 3 N–H and O–H groups in total. The van der Waals surface area contributed by atoms with Crippen molar-refractivity contribution in [1.29, 1.82) is 5.39 Å². The Labute approximate surface area is 103 Å². The van der Waals surface area contributed by atoms with E-state index in [-0.39, 0.29) is 6.42 Å². The Balaban J connectivity index is 0.000000494. The fraction of sp³-hybridized carbons (Fsp3) is 0.222. The van der Waals surface area contributed by atoms with Crippen LogP contribution in [0.4, 0.5) is 5.69 Å². The molecule has 0 radical (unpaired) electrons. The minimum absolute atomic E-state index is 0.121. The number of carboxylic acid groups (broad SMARTS) is 1. The van der Waals surface area contributed by atoms with Crippen LogP contribution in [0.25, 0.3) is 4.98 Å². The van der Waals surface area contributed by atoms with Crippen molar-refractivity contribution in [1.82, 2.24) is 0 Å². The van der Waals surface area contributed by atoms with Crippen LogP contribution < -0.4 is 0 Å². The summed E-state index contributed by atoms with van der Waals surface area (Å²) in [4.78, 5) is 13.2. The second-order valence-electron chi connectivity index (χ2n) is 3.11. The molecule has 0 heterocycles. The zero-order chi connectivity index (χ0) is 14.2. The number of diazo groups is 1. The van der Waals surface area contributed by atoms with Gasteiger partial charge >= 0.3 is 22.1 Å². The molecule has 0 atom stereocenters. The van der Waals surface area contributed by atoms with Gasteiger partial charge in [0.2, 0.25) is 5.39 Å². The van der Waals surface area contributed by atoms with Gasteiger partial charge in [-0.25, -0.2) is 0 Å². The average Bonchev–Trinajstić information content (AvgIpc) is 2.25. The number of aliphatic carboxylic acids is 1. The molecule has 0 aromatic heterocycles. The summed E-state index contributed by atoms with van der Waals surface area (Å²) in [5.41, 5.74) is 1.40. The van der Waals surface area contributed by atoms with Gasteiger partial charge in [0.05, 0.1) is 0 Å². The maximum atomic E-state index is 10.2. The third-order valence-electron chi connectivity index (χ3n) is 1.68. The van der Waals surface area contributed by atoms with E-state index in [1.54, 1.807) is 24.3 Å². The molecule has 0 saturated heterocycles. The van der Waals surface area contributed by atoms with Crippen LogP contribution in [0.5, 0.6) is 0 Å². The van der Waals surface area contributed by atoms with E-state index in [0.717, 1.165) is 5.56 Å². The first kappa shape index (κ1) is 16.0. The van der Waals surface area contributed by atoms with Gasteiger partial charge in [0, 0.05) is 18.6 Å². The van der Waals surface area contributed by atoms with Gasteiger partial charge in [-0.15, -0.1) is 0 Å². The number of carbonyl (C=O) groups is 1. The average molecular weight is 275 g/mol. The van der Waals surface area contributed by atoms with Crippen molar-refractivity contribution >= 4 is 22.1 Å². The van der Waals surface area contributed by atoms with Crippen molar-refractivity contribution in [3.8, 4) is 0 Å². The van der Waals surface area contributed by atoms with Gasteiger partial charge in [-0.1, -0.05) is 12.1 Å². The molecule has 18 heavy (non-hydrogen) atoms.